The Balaban J connectivity index is 1.64. The maximum Gasteiger partial charge on any atom is 0.244 e. The molecule has 1 aliphatic rings. The van der Waals surface area contributed by atoms with Crippen molar-refractivity contribution >= 4 is 29.5 Å². The number of amides is 3. The molecule has 0 aliphatic carbocycles. The molecule has 27 heavy (non-hydrogen) atoms. The molecule has 1 fully saturated rings. The van der Waals surface area contributed by atoms with Gasteiger partial charge in [0.15, 0.2) is 0 Å². The summed E-state index contributed by atoms with van der Waals surface area (Å²) in [5.41, 5.74) is 7.71. The van der Waals surface area contributed by atoms with Crippen molar-refractivity contribution in [1.82, 2.24) is 5.32 Å². The van der Waals surface area contributed by atoms with E-state index in [0.29, 0.717) is 12.0 Å². The van der Waals surface area contributed by atoms with Gasteiger partial charge in [0, 0.05) is 24.7 Å². The van der Waals surface area contributed by atoms with Gasteiger partial charge < -0.3 is 16.0 Å². The lowest BCUT2D eigenvalue weighted by atomic mass is 10.1. The van der Waals surface area contributed by atoms with Gasteiger partial charge in [-0.05, 0) is 35.8 Å². The molecule has 0 radical (unpaired) electrons. The molecule has 6 nitrogen and oxygen atoms in total. The molecule has 138 valence electrons. The Kier molecular flexibility index (Phi) is 5.66. The first kappa shape index (κ1) is 18.4. The number of nitrogens with two attached hydrogens (primary N) is 1. The second kappa shape index (κ2) is 8.31. The maximum absolute atomic E-state index is 12.2. The number of anilines is 1. The average Bonchev–Trinajstić information content (AvgIpc) is 3.11. The van der Waals surface area contributed by atoms with E-state index in [1.807, 2.05) is 30.3 Å². The van der Waals surface area contributed by atoms with E-state index in [1.165, 1.54) is 6.08 Å². The number of carbonyl (C=O) groups is 3. The summed E-state index contributed by atoms with van der Waals surface area (Å²) in [7, 11) is 0. The maximum atomic E-state index is 12.2. The topological polar surface area (TPSA) is 92.5 Å². The fourth-order valence-electron chi connectivity index (χ4n) is 3.01. The van der Waals surface area contributed by atoms with Gasteiger partial charge in [0.1, 0.15) is 6.04 Å². The first-order valence-corrected chi connectivity index (χ1v) is 8.78. The van der Waals surface area contributed by atoms with Crippen LogP contribution >= 0.6 is 0 Å². The largest absolute Gasteiger partial charge is 0.368 e. The van der Waals surface area contributed by atoms with Gasteiger partial charge >= 0.3 is 0 Å². The predicted molar refractivity (Wildman–Crippen MR) is 104 cm³/mol. The number of nitrogens with one attached hydrogen (secondary N) is 1. The van der Waals surface area contributed by atoms with Gasteiger partial charge in [0.25, 0.3) is 0 Å². The first-order chi connectivity index (χ1) is 13.0. The van der Waals surface area contributed by atoms with Crippen molar-refractivity contribution in [2.45, 2.75) is 18.9 Å². The van der Waals surface area contributed by atoms with E-state index in [-0.39, 0.29) is 5.91 Å². The van der Waals surface area contributed by atoms with Gasteiger partial charge in [-0.1, -0.05) is 42.5 Å². The summed E-state index contributed by atoms with van der Waals surface area (Å²) in [6, 6.07) is 15.4. The highest BCUT2D eigenvalue weighted by atomic mass is 16.2. The minimum atomic E-state index is -0.882. The molecule has 1 unspecified atom stereocenters. The fraction of sp³-hybridized carbons (Fsp3) is 0.190. The molecule has 0 aromatic heterocycles. The van der Waals surface area contributed by atoms with Crippen molar-refractivity contribution in [2.24, 2.45) is 5.73 Å². The molecule has 2 aromatic rings. The Morgan fingerprint density at radius 3 is 2.37 bits per heavy atom. The van der Waals surface area contributed by atoms with Crippen LogP contribution < -0.4 is 16.0 Å². The summed E-state index contributed by atoms with van der Waals surface area (Å²) >= 11 is 0. The highest BCUT2D eigenvalue weighted by molar-refractivity contribution is 5.96. The van der Waals surface area contributed by atoms with E-state index in [9.17, 15) is 14.4 Å². The number of hydrogen-bond acceptors (Lipinski definition) is 3. The predicted octanol–water partition coefficient (Wildman–Crippen LogP) is 2.17. The smallest absolute Gasteiger partial charge is 0.244 e. The van der Waals surface area contributed by atoms with Gasteiger partial charge in [-0.15, -0.1) is 0 Å². The summed E-state index contributed by atoms with van der Waals surface area (Å²) in [6.07, 6.45) is 4.47. The van der Waals surface area contributed by atoms with Crippen LogP contribution in [0.4, 0.5) is 5.69 Å². The first-order valence-electron chi connectivity index (χ1n) is 8.78. The minimum absolute atomic E-state index is 0.135. The van der Waals surface area contributed by atoms with Crippen LogP contribution in [0.25, 0.3) is 6.08 Å². The van der Waals surface area contributed by atoms with E-state index in [2.05, 4.69) is 5.32 Å². The van der Waals surface area contributed by atoms with E-state index in [1.54, 1.807) is 35.2 Å². The molecule has 1 saturated heterocycles. The zero-order valence-corrected chi connectivity index (χ0v) is 14.8. The van der Waals surface area contributed by atoms with Crippen LogP contribution in [0.3, 0.4) is 0 Å². The van der Waals surface area contributed by atoms with Crippen LogP contribution in [0, 0.1) is 0 Å². The SMILES string of the molecule is NC(=O)C(NC(=O)/C=C/c1ccc(N2CCCC2=O)cc1)c1ccccc1. The number of benzene rings is 2. The van der Waals surface area contributed by atoms with Gasteiger partial charge in [0.05, 0.1) is 0 Å². The van der Waals surface area contributed by atoms with Crippen LogP contribution in [0.15, 0.2) is 60.7 Å². The molecular weight excluding hydrogens is 342 g/mol. The van der Waals surface area contributed by atoms with E-state index < -0.39 is 17.9 Å². The van der Waals surface area contributed by atoms with Gasteiger partial charge in [-0.25, -0.2) is 0 Å². The lowest BCUT2D eigenvalue weighted by Crippen LogP contribution is -2.36. The van der Waals surface area contributed by atoms with Crippen molar-refractivity contribution in [2.75, 3.05) is 11.4 Å². The fourth-order valence-corrected chi connectivity index (χ4v) is 3.01. The molecule has 0 saturated carbocycles. The molecule has 2 aromatic carbocycles. The number of hydrogen-bond donors (Lipinski definition) is 2. The van der Waals surface area contributed by atoms with Crippen molar-refractivity contribution in [3.63, 3.8) is 0 Å². The summed E-state index contributed by atoms with van der Waals surface area (Å²) < 4.78 is 0. The molecule has 0 bridgehead atoms. The van der Waals surface area contributed by atoms with Gasteiger partial charge in [0.2, 0.25) is 17.7 Å². The van der Waals surface area contributed by atoms with Crippen LogP contribution in [-0.4, -0.2) is 24.3 Å². The van der Waals surface area contributed by atoms with Crippen LogP contribution in [0.5, 0.6) is 0 Å². The molecule has 1 atom stereocenters. The lowest BCUT2D eigenvalue weighted by Gasteiger charge is -2.15. The van der Waals surface area contributed by atoms with Crippen LogP contribution in [-0.2, 0) is 14.4 Å². The summed E-state index contributed by atoms with van der Waals surface area (Å²) in [4.78, 5) is 37.3. The Labute approximate surface area is 157 Å². The van der Waals surface area contributed by atoms with Gasteiger partial charge in [-0.3, -0.25) is 14.4 Å². The third-order valence-corrected chi connectivity index (χ3v) is 4.41. The quantitative estimate of drug-likeness (QED) is 0.771. The lowest BCUT2D eigenvalue weighted by molar-refractivity contribution is -0.125. The molecule has 3 N–H and O–H groups in total. The molecular formula is C21H21N3O3. The van der Waals surface area contributed by atoms with Crippen molar-refractivity contribution in [1.29, 1.82) is 0 Å². The Bertz CT molecular complexity index is 860. The number of rotatable bonds is 6. The number of primary amides is 1. The van der Waals surface area contributed by atoms with Crippen molar-refractivity contribution in [3.8, 4) is 0 Å². The Morgan fingerprint density at radius 2 is 1.78 bits per heavy atom. The number of carbonyl (C=O) groups excluding carboxylic acids is 3. The molecule has 6 heteroatoms. The zero-order valence-electron chi connectivity index (χ0n) is 14.8. The molecule has 1 heterocycles. The monoisotopic (exact) mass is 363 g/mol. The zero-order chi connectivity index (χ0) is 19.2. The highest BCUT2D eigenvalue weighted by Gasteiger charge is 2.21. The normalized spacial score (nSPS) is 15.1. The minimum Gasteiger partial charge on any atom is -0.368 e. The highest BCUT2D eigenvalue weighted by Crippen LogP contribution is 2.22. The van der Waals surface area contributed by atoms with E-state index in [4.69, 9.17) is 5.73 Å². The van der Waals surface area contributed by atoms with Gasteiger partial charge in [-0.2, -0.15) is 0 Å². The van der Waals surface area contributed by atoms with Crippen LogP contribution in [0.1, 0.15) is 30.0 Å². The summed E-state index contributed by atoms with van der Waals surface area (Å²) in [5.74, 6) is -0.903. The third kappa shape index (κ3) is 4.61. The standard InChI is InChI=1S/C21H21N3O3/c22-21(27)20(16-5-2-1-3-6-16)23-18(25)13-10-15-8-11-17(12-9-15)24-14-4-7-19(24)26/h1-3,5-6,8-13,20H,4,7,14H2,(H2,22,27)(H,23,25)/b13-10+. The molecule has 1 aliphatic heterocycles. The van der Waals surface area contributed by atoms with Crippen molar-refractivity contribution < 1.29 is 14.4 Å². The molecule has 3 rings (SSSR count). The number of nitrogens with zero attached hydrogens (tertiary/aromatic N) is 1. The van der Waals surface area contributed by atoms with E-state index in [0.717, 1.165) is 24.2 Å². The van der Waals surface area contributed by atoms with Crippen LogP contribution in [0.2, 0.25) is 0 Å². The summed E-state index contributed by atoms with van der Waals surface area (Å²) in [5, 5.41) is 2.61. The Morgan fingerprint density at radius 1 is 1.07 bits per heavy atom. The second-order valence-corrected chi connectivity index (χ2v) is 6.33. The van der Waals surface area contributed by atoms with Crippen molar-refractivity contribution in [3.05, 3.63) is 71.8 Å². The summed E-state index contributed by atoms with van der Waals surface area (Å²) in [6.45, 7) is 0.740. The molecule has 0 spiro atoms. The third-order valence-electron chi connectivity index (χ3n) is 4.41. The van der Waals surface area contributed by atoms with E-state index >= 15 is 0 Å². The Hall–Kier alpha value is -3.41. The average molecular weight is 363 g/mol. The second-order valence-electron chi connectivity index (χ2n) is 6.33. The molecule has 3 amide bonds.